The molecule has 1 aliphatic rings. The molecule has 1 aliphatic carbocycles. The lowest BCUT2D eigenvalue weighted by Gasteiger charge is -2.18. The third kappa shape index (κ3) is 3.00. The molecular weight excluding hydrogens is 270 g/mol. The molecular formula is C16H15NO4. The summed E-state index contributed by atoms with van der Waals surface area (Å²) in [5.74, 6) is 5.53. The number of hydrogen-bond acceptors (Lipinski definition) is 4. The Bertz CT molecular complexity index is 650. The first kappa shape index (κ1) is 14.9. The molecule has 2 rings (SSSR count). The summed E-state index contributed by atoms with van der Waals surface area (Å²) in [6.45, 7) is 1.66. The second kappa shape index (κ2) is 5.88. The van der Waals surface area contributed by atoms with Crippen molar-refractivity contribution in [1.82, 2.24) is 0 Å². The van der Waals surface area contributed by atoms with Crippen LogP contribution in [0.15, 0.2) is 24.3 Å². The number of carbonyl (C=O) groups excluding carboxylic acids is 2. The van der Waals surface area contributed by atoms with Crippen LogP contribution in [0.2, 0.25) is 0 Å². The molecule has 0 unspecified atom stereocenters. The molecule has 0 heterocycles. The van der Waals surface area contributed by atoms with E-state index in [0.29, 0.717) is 31.2 Å². The Morgan fingerprint density at radius 2 is 1.86 bits per heavy atom. The molecule has 108 valence electrons. The second-order valence-corrected chi connectivity index (χ2v) is 5.25. The summed E-state index contributed by atoms with van der Waals surface area (Å²) in [5.41, 5.74) is -0.613. The van der Waals surface area contributed by atoms with Crippen molar-refractivity contribution in [2.24, 2.45) is 5.41 Å². The third-order valence-corrected chi connectivity index (χ3v) is 3.88. The number of benzene rings is 1. The van der Waals surface area contributed by atoms with Crippen LogP contribution in [-0.2, 0) is 9.59 Å². The maximum absolute atomic E-state index is 11.8. The third-order valence-electron chi connectivity index (χ3n) is 3.88. The Kier molecular flexibility index (Phi) is 4.18. The van der Waals surface area contributed by atoms with Crippen LogP contribution in [0, 0.1) is 27.4 Å². The van der Waals surface area contributed by atoms with E-state index in [1.807, 2.05) is 0 Å². The highest BCUT2D eigenvalue weighted by atomic mass is 16.6. The van der Waals surface area contributed by atoms with E-state index in [1.54, 1.807) is 25.1 Å². The van der Waals surface area contributed by atoms with Gasteiger partial charge in [0.05, 0.1) is 10.3 Å². The molecule has 0 radical (unpaired) electrons. The summed E-state index contributed by atoms with van der Waals surface area (Å²) >= 11 is 0. The maximum Gasteiger partial charge on any atom is 0.284 e. The molecule has 21 heavy (non-hydrogen) atoms. The van der Waals surface area contributed by atoms with Gasteiger partial charge < -0.3 is 0 Å². The average Bonchev–Trinajstić information content (AvgIpc) is 2.72. The van der Waals surface area contributed by atoms with Gasteiger partial charge in [-0.15, -0.1) is 0 Å². The van der Waals surface area contributed by atoms with Gasteiger partial charge >= 0.3 is 0 Å². The van der Waals surface area contributed by atoms with Gasteiger partial charge in [0, 0.05) is 25.3 Å². The van der Waals surface area contributed by atoms with E-state index in [-0.39, 0.29) is 17.3 Å². The average molecular weight is 285 g/mol. The lowest BCUT2D eigenvalue weighted by molar-refractivity contribution is -0.385. The summed E-state index contributed by atoms with van der Waals surface area (Å²) in [6, 6.07) is 6.25. The molecule has 0 aromatic heterocycles. The van der Waals surface area contributed by atoms with Crippen LogP contribution < -0.4 is 0 Å². The first-order valence-corrected chi connectivity index (χ1v) is 6.74. The lowest BCUT2D eigenvalue weighted by atomic mass is 9.82. The quantitative estimate of drug-likeness (QED) is 0.370. The highest BCUT2D eigenvalue weighted by Crippen LogP contribution is 2.35. The molecule has 1 fully saturated rings. The number of carbonyl (C=O) groups is 2. The largest absolute Gasteiger partial charge is 0.299 e. The molecule has 5 heteroatoms. The minimum absolute atomic E-state index is 0.0278. The number of nitro groups is 1. The van der Waals surface area contributed by atoms with Gasteiger partial charge in [-0.2, -0.15) is 0 Å². The Balaban J connectivity index is 2.07. The number of nitrogens with zero attached hydrogens (tertiary/aromatic N) is 1. The zero-order valence-corrected chi connectivity index (χ0v) is 11.7. The smallest absolute Gasteiger partial charge is 0.284 e. The van der Waals surface area contributed by atoms with Gasteiger partial charge in [-0.3, -0.25) is 19.7 Å². The lowest BCUT2D eigenvalue weighted by Crippen LogP contribution is -2.28. The normalized spacial score (nSPS) is 16.4. The Morgan fingerprint density at radius 1 is 1.24 bits per heavy atom. The van der Waals surface area contributed by atoms with Crippen molar-refractivity contribution in [1.29, 1.82) is 0 Å². The van der Waals surface area contributed by atoms with E-state index in [2.05, 4.69) is 11.8 Å². The van der Waals surface area contributed by atoms with Crippen molar-refractivity contribution >= 4 is 17.3 Å². The molecule has 0 N–H and O–H groups in total. The first-order valence-electron chi connectivity index (χ1n) is 6.74. The number of nitro benzene ring substituents is 1. The van der Waals surface area contributed by atoms with E-state index < -0.39 is 10.3 Å². The standard InChI is InChI=1S/C16H15NO4/c1-16(14(18)9-10-15(16)19)11-5-4-7-12-6-2-3-8-13(12)17(20)21/h2-3,6,8H,5,9-11H2,1H3. The van der Waals surface area contributed by atoms with E-state index in [1.165, 1.54) is 6.07 Å². The van der Waals surface area contributed by atoms with Crippen molar-refractivity contribution in [3.63, 3.8) is 0 Å². The van der Waals surface area contributed by atoms with Gasteiger partial charge in [-0.05, 0) is 19.4 Å². The van der Waals surface area contributed by atoms with Crippen LogP contribution in [0.1, 0.15) is 38.2 Å². The van der Waals surface area contributed by atoms with Gasteiger partial charge in [0.25, 0.3) is 5.69 Å². The van der Waals surface area contributed by atoms with Crippen LogP contribution >= 0.6 is 0 Å². The van der Waals surface area contributed by atoms with E-state index >= 15 is 0 Å². The zero-order valence-electron chi connectivity index (χ0n) is 11.7. The molecule has 0 amide bonds. The minimum Gasteiger partial charge on any atom is -0.299 e. The summed E-state index contributed by atoms with van der Waals surface area (Å²) in [6.07, 6.45) is 1.36. The summed E-state index contributed by atoms with van der Waals surface area (Å²) in [4.78, 5) is 33.9. The molecule has 0 atom stereocenters. The van der Waals surface area contributed by atoms with Gasteiger partial charge in [0.1, 0.15) is 17.1 Å². The van der Waals surface area contributed by atoms with Crippen LogP contribution in [0.25, 0.3) is 0 Å². The molecule has 1 saturated carbocycles. The molecule has 5 nitrogen and oxygen atoms in total. The predicted molar refractivity (Wildman–Crippen MR) is 76.6 cm³/mol. The number of hydrogen-bond donors (Lipinski definition) is 0. The fourth-order valence-electron chi connectivity index (χ4n) is 2.42. The number of ketones is 2. The van der Waals surface area contributed by atoms with E-state index in [0.717, 1.165) is 0 Å². The highest BCUT2D eigenvalue weighted by Gasteiger charge is 2.44. The zero-order chi connectivity index (χ0) is 15.5. The van der Waals surface area contributed by atoms with Gasteiger partial charge in [0.2, 0.25) is 0 Å². The van der Waals surface area contributed by atoms with Crippen LogP contribution in [0.3, 0.4) is 0 Å². The summed E-state index contributed by atoms with van der Waals surface area (Å²) < 4.78 is 0. The van der Waals surface area contributed by atoms with Crippen molar-refractivity contribution < 1.29 is 14.5 Å². The van der Waals surface area contributed by atoms with Crippen molar-refractivity contribution in [2.45, 2.75) is 32.6 Å². The highest BCUT2D eigenvalue weighted by molar-refractivity contribution is 6.12. The van der Waals surface area contributed by atoms with Gasteiger partial charge in [0.15, 0.2) is 0 Å². The monoisotopic (exact) mass is 285 g/mol. The van der Waals surface area contributed by atoms with Crippen molar-refractivity contribution in [3.8, 4) is 11.8 Å². The van der Waals surface area contributed by atoms with Gasteiger partial charge in [-0.1, -0.05) is 24.0 Å². The topological polar surface area (TPSA) is 77.3 Å². The fraction of sp³-hybridized carbons (Fsp3) is 0.375. The Morgan fingerprint density at radius 3 is 2.48 bits per heavy atom. The number of Topliss-reactive ketones (excluding diaryl/α,β-unsaturated/α-hetero) is 2. The molecule has 0 aliphatic heterocycles. The summed E-state index contributed by atoms with van der Waals surface area (Å²) in [7, 11) is 0. The van der Waals surface area contributed by atoms with Crippen LogP contribution in [0.4, 0.5) is 5.69 Å². The molecule has 0 spiro atoms. The first-order chi connectivity index (χ1) is 9.95. The molecule has 0 saturated heterocycles. The number of rotatable bonds is 3. The Labute approximate surface area is 122 Å². The van der Waals surface area contributed by atoms with Crippen molar-refractivity contribution in [2.75, 3.05) is 0 Å². The second-order valence-electron chi connectivity index (χ2n) is 5.25. The maximum atomic E-state index is 11.8. The minimum atomic E-state index is -0.919. The van der Waals surface area contributed by atoms with E-state index in [4.69, 9.17) is 0 Å². The van der Waals surface area contributed by atoms with E-state index in [9.17, 15) is 19.7 Å². The molecule has 1 aromatic carbocycles. The fourth-order valence-corrected chi connectivity index (χ4v) is 2.42. The molecule has 0 bridgehead atoms. The predicted octanol–water partition coefficient (Wildman–Crippen LogP) is 2.66. The Hall–Kier alpha value is -2.48. The van der Waals surface area contributed by atoms with Crippen LogP contribution in [-0.4, -0.2) is 16.5 Å². The van der Waals surface area contributed by atoms with Gasteiger partial charge in [-0.25, -0.2) is 0 Å². The molecule has 1 aromatic rings. The van der Waals surface area contributed by atoms with Crippen molar-refractivity contribution in [3.05, 3.63) is 39.9 Å². The number of para-hydroxylation sites is 1. The van der Waals surface area contributed by atoms with Crippen LogP contribution in [0.5, 0.6) is 0 Å². The SMILES string of the molecule is CC1(CCC#Cc2ccccc2[N+](=O)[O-])C(=O)CCC1=O. The summed E-state index contributed by atoms with van der Waals surface area (Å²) in [5, 5.41) is 10.8.